The van der Waals surface area contributed by atoms with Crippen molar-refractivity contribution in [3.63, 3.8) is 0 Å². The molecule has 0 aromatic carbocycles. The van der Waals surface area contributed by atoms with Gasteiger partial charge in [0, 0.05) is 24.0 Å². The fourth-order valence-electron chi connectivity index (χ4n) is 4.32. The number of aromatic nitrogens is 1. The van der Waals surface area contributed by atoms with E-state index in [9.17, 15) is 4.79 Å². The molecule has 0 saturated carbocycles. The van der Waals surface area contributed by atoms with Gasteiger partial charge in [0.05, 0.1) is 22.8 Å². The summed E-state index contributed by atoms with van der Waals surface area (Å²) in [5, 5.41) is 2.03. The van der Waals surface area contributed by atoms with E-state index in [1.807, 2.05) is 28.5 Å². The molecular formula is C18H19N3O2S. The van der Waals surface area contributed by atoms with Gasteiger partial charge in [0.15, 0.2) is 0 Å². The number of carbonyl (C=O) groups excluding carboxylic acids is 1. The van der Waals surface area contributed by atoms with Gasteiger partial charge in [-0.15, -0.1) is 11.3 Å². The van der Waals surface area contributed by atoms with E-state index in [1.54, 1.807) is 17.5 Å². The number of pyridine rings is 1. The molecule has 4 saturated heterocycles. The van der Waals surface area contributed by atoms with Crippen molar-refractivity contribution in [1.29, 1.82) is 0 Å². The zero-order chi connectivity index (χ0) is 16.1. The monoisotopic (exact) mass is 341 g/mol. The second-order valence-electron chi connectivity index (χ2n) is 6.95. The first kappa shape index (κ1) is 14.4. The number of hydrogen-bond donors (Lipinski definition) is 0. The first-order valence-corrected chi connectivity index (χ1v) is 9.34. The zero-order valence-corrected chi connectivity index (χ0v) is 14.2. The van der Waals surface area contributed by atoms with Gasteiger partial charge in [0.25, 0.3) is 0 Å². The molecule has 2 aromatic heterocycles. The number of piperidine rings is 3. The Hall–Kier alpha value is -1.92. The summed E-state index contributed by atoms with van der Waals surface area (Å²) in [5.74, 6) is 0.505. The summed E-state index contributed by atoms with van der Waals surface area (Å²) in [6, 6.07) is 7.93. The molecule has 4 aliphatic heterocycles. The second kappa shape index (κ2) is 5.29. The van der Waals surface area contributed by atoms with Crippen LogP contribution in [0, 0.1) is 5.92 Å². The lowest BCUT2D eigenvalue weighted by atomic mass is 9.75. The lowest BCUT2D eigenvalue weighted by Crippen LogP contribution is -2.61. The lowest BCUT2D eigenvalue weighted by molar-refractivity contribution is -0.0881. The van der Waals surface area contributed by atoms with Crippen LogP contribution in [0.15, 0.2) is 35.8 Å². The molecule has 6 heteroatoms. The van der Waals surface area contributed by atoms with Gasteiger partial charge >= 0.3 is 6.09 Å². The molecule has 0 N–H and O–H groups in total. The first-order valence-electron chi connectivity index (χ1n) is 8.46. The lowest BCUT2D eigenvalue weighted by Gasteiger charge is -2.49. The van der Waals surface area contributed by atoms with Crippen LogP contribution in [0.1, 0.15) is 12.8 Å². The first-order chi connectivity index (χ1) is 11.7. The number of fused-ring (bicyclic) bond motifs is 2. The Morgan fingerprint density at radius 3 is 2.83 bits per heavy atom. The quantitative estimate of drug-likeness (QED) is 0.841. The summed E-state index contributed by atoms with van der Waals surface area (Å²) in [5.41, 5.74) is 1.57. The molecule has 24 heavy (non-hydrogen) atoms. The molecule has 1 unspecified atom stereocenters. The molecule has 6 rings (SSSR count). The standard InChI is InChI=1S/C18H19N3O2S/c22-17-21(12-18(23-17)11-20-7-4-13(18)5-8-20)14-9-16(24-10-14)15-3-1-2-6-19-15/h1-3,6,9-10,13H,4-5,7-8,11-12H2. The van der Waals surface area contributed by atoms with Gasteiger partial charge in [0.1, 0.15) is 5.60 Å². The summed E-state index contributed by atoms with van der Waals surface area (Å²) < 4.78 is 5.94. The molecule has 1 spiro atoms. The van der Waals surface area contributed by atoms with Gasteiger partial charge < -0.3 is 4.74 Å². The summed E-state index contributed by atoms with van der Waals surface area (Å²) in [6.07, 6.45) is 3.88. The van der Waals surface area contributed by atoms with E-state index in [-0.39, 0.29) is 11.7 Å². The van der Waals surface area contributed by atoms with Crippen LogP contribution in [0.5, 0.6) is 0 Å². The minimum atomic E-state index is -0.305. The maximum Gasteiger partial charge on any atom is 0.415 e. The molecule has 1 amide bonds. The number of anilines is 1. The van der Waals surface area contributed by atoms with Crippen LogP contribution < -0.4 is 4.90 Å². The van der Waals surface area contributed by atoms with E-state index >= 15 is 0 Å². The van der Waals surface area contributed by atoms with Crippen molar-refractivity contribution in [1.82, 2.24) is 9.88 Å². The molecule has 4 fully saturated rings. The van der Waals surface area contributed by atoms with Gasteiger partial charge in [-0.2, -0.15) is 0 Å². The molecule has 1 atom stereocenters. The minimum absolute atomic E-state index is 0.200. The molecule has 6 heterocycles. The summed E-state index contributed by atoms with van der Waals surface area (Å²) >= 11 is 1.62. The van der Waals surface area contributed by atoms with Crippen molar-refractivity contribution in [3.8, 4) is 10.6 Å². The SMILES string of the molecule is O=C1OC2(CN3CCC2CC3)CN1c1csc(-c2ccccn2)c1. The Bertz CT molecular complexity index is 770. The van der Waals surface area contributed by atoms with E-state index in [4.69, 9.17) is 4.74 Å². The maximum absolute atomic E-state index is 12.5. The molecule has 0 radical (unpaired) electrons. The van der Waals surface area contributed by atoms with Crippen LogP contribution in [-0.4, -0.2) is 47.8 Å². The molecule has 124 valence electrons. The van der Waals surface area contributed by atoms with E-state index in [2.05, 4.69) is 16.0 Å². The van der Waals surface area contributed by atoms with Crippen molar-refractivity contribution >= 4 is 23.1 Å². The highest BCUT2D eigenvalue weighted by Crippen LogP contribution is 2.44. The Balaban J connectivity index is 1.42. The van der Waals surface area contributed by atoms with Crippen molar-refractivity contribution < 1.29 is 9.53 Å². The molecule has 2 aromatic rings. The fourth-order valence-corrected chi connectivity index (χ4v) is 5.19. The Kier molecular flexibility index (Phi) is 3.18. The summed E-state index contributed by atoms with van der Waals surface area (Å²) in [4.78, 5) is 22.3. The molecular weight excluding hydrogens is 322 g/mol. The Labute approximate surface area is 144 Å². The van der Waals surface area contributed by atoms with Gasteiger partial charge in [-0.25, -0.2) is 4.79 Å². The Morgan fingerprint density at radius 2 is 2.12 bits per heavy atom. The van der Waals surface area contributed by atoms with Crippen LogP contribution in [0.4, 0.5) is 10.5 Å². The zero-order valence-electron chi connectivity index (χ0n) is 13.4. The minimum Gasteiger partial charge on any atom is -0.439 e. The highest BCUT2D eigenvalue weighted by molar-refractivity contribution is 7.14. The normalized spacial score (nSPS) is 31.7. The van der Waals surface area contributed by atoms with E-state index < -0.39 is 0 Å². The number of thiophene rings is 1. The molecule has 5 nitrogen and oxygen atoms in total. The van der Waals surface area contributed by atoms with Crippen molar-refractivity contribution in [3.05, 3.63) is 35.8 Å². The van der Waals surface area contributed by atoms with Gasteiger partial charge in [0.2, 0.25) is 0 Å². The van der Waals surface area contributed by atoms with Crippen LogP contribution >= 0.6 is 11.3 Å². The average Bonchev–Trinajstić information content (AvgIpc) is 3.22. The molecule has 0 aliphatic carbocycles. The fraction of sp³-hybridized carbons (Fsp3) is 0.444. The predicted molar refractivity (Wildman–Crippen MR) is 93.3 cm³/mol. The maximum atomic E-state index is 12.5. The number of hydrogen-bond acceptors (Lipinski definition) is 5. The highest BCUT2D eigenvalue weighted by atomic mass is 32.1. The number of ether oxygens (including phenoxy) is 1. The number of amides is 1. The van der Waals surface area contributed by atoms with Crippen LogP contribution in [0.2, 0.25) is 0 Å². The van der Waals surface area contributed by atoms with Gasteiger partial charge in [-0.05, 0) is 44.1 Å². The third-order valence-corrected chi connectivity index (χ3v) is 6.51. The third kappa shape index (κ3) is 2.17. The van der Waals surface area contributed by atoms with Crippen LogP contribution in [0.25, 0.3) is 10.6 Å². The number of carbonyl (C=O) groups is 1. The van der Waals surface area contributed by atoms with Crippen molar-refractivity contribution in [2.24, 2.45) is 5.92 Å². The van der Waals surface area contributed by atoms with Crippen molar-refractivity contribution in [2.75, 3.05) is 31.1 Å². The summed E-state index contributed by atoms with van der Waals surface area (Å²) in [7, 11) is 0. The Morgan fingerprint density at radius 1 is 1.25 bits per heavy atom. The summed E-state index contributed by atoms with van der Waals surface area (Å²) in [6.45, 7) is 3.85. The second-order valence-corrected chi connectivity index (χ2v) is 7.86. The topological polar surface area (TPSA) is 45.7 Å². The van der Waals surface area contributed by atoms with Crippen molar-refractivity contribution in [2.45, 2.75) is 18.4 Å². The van der Waals surface area contributed by atoms with E-state index in [1.165, 1.54) is 0 Å². The van der Waals surface area contributed by atoms with Gasteiger partial charge in [-0.1, -0.05) is 6.07 Å². The third-order valence-electron chi connectivity index (χ3n) is 5.57. The van der Waals surface area contributed by atoms with Gasteiger partial charge in [-0.3, -0.25) is 14.8 Å². The van der Waals surface area contributed by atoms with E-state index in [0.29, 0.717) is 12.5 Å². The molecule has 2 bridgehead atoms. The highest BCUT2D eigenvalue weighted by Gasteiger charge is 2.55. The van der Waals surface area contributed by atoms with Crippen LogP contribution in [0.3, 0.4) is 0 Å². The predicted octanol–water partition coefficient (Wildman–Crippen LogP) is 3.23. The van der Waals surface area contributed by atoms with E-state index in [0.717, 1.165) is 48.7 Å². The smallest absolute Gasteiger partial charge is 0.415 e. The number of nitrogens with zero attached hydrogens (tertiary/aromatic N) is 3. The average molecular weight is 341 g/mol. The largest absolute Gasteiger partial charge is 0.439 e. The van der Waals surface area contributed by atoms with Crippen LogP contribution in [-0.2, 0) is 4.74 Å². The number of rotatable bonds is 2. The molecule has 4 aliphatic rings.